The van der Waals surface area contributed by atoms with Crippen LogP contribution in [0, 0.1) is 6.92 Å². The zero-order valence-electron chi connectivity index (χ0n) is 6.41. The Morgan fingerprint density at radius 3 is 2.42 bits per heavy atom. The van der Waals surface area contributed by atoms with E-state index in [0.717, 1.165) is 6.07 Å². The number of rotatable bonds is 1. The van der Waals surface area contributed by atoms with Crippen molar-refractivity contribution >= 4 is 15.9 Å². The SMILES string of the molecule is Cc1cc(S(=O)(=O)F)ccc1N. The molecule has 66 valence electrons. The maximum Gasteiger partial charge on any atom is 0.332 e. The zero-order valence-corrected chi connectivity index (χ0v) is 7.23. The molecule has 0 aliphatic heterocycles. The maximum atomic E-state index is 12.4. The molecule has 0 radical (unpaired) electrons. The van der Waals surface area contributed by atoms with Crippen molar-refractivity contribution in [3.8, 4) is 0 Å². The lowest BCUT2D eigenvalue weighted by molar-refractivity contribution is 0.552. The fraction of sp³-hybridized carbons (Fsp3) is 0.143. The highest BCUT2D eigenvalue weighted by Gasteiger charge is 2.11. The fourth-order valence-corrected chi connectivity index (χ4v) is 1.35. The third-order valence-electron chi connectivity index (χ3n) is 1.52. The second kappa shape index (κ2) is 2.75. The Labute approximate surface area is 70.2 Å². The van der Waals surface area contributed by atoms with Gasteiger partial charge in [-0.2, -0.15) is 8.42 Å². The lowest BCUT2D eigenvalue weighted by Gasteiger charge is -2.00. The van der Waals surface area contributed by atoms with Gasteiger partial charge in [0.1, 0.15) is 0 Å². The second-order valence-corrected chi connectivity index (χ2v) is 3.80. The molecule has 0 saturated carbocycles. The first-order valence-corrected chi connectivity index (χ1v) is 4.60. The first kappa shape index (κ1) is 8.99. The predicted octanol–water partition coefficient (Wildman–Crippen LogP) is 1.24. The summed E-state index contributed by atoms with van der Waals surface area (Å²) in [5.74, 6) is 0. The highest BCUT2D eigenvalue weighted by atomic mass is 32.3. The summed E-state index contributed by atoms with van der Waals surface area (Å²) < 4.78 is 33.1. The Morgan fingerprint density at radius 2 is 2.00 bits per heavy atom. The van der Waals surface area contributed by atoms with Crippen molar-refractivity contribution in [2.24, 2.45) is 0 Å². The van der Waals surface area contributed by atoms with Gasteiger partial charge in [0.05, 0.1) is 4.90 Å². The monoisotopic (exact) mass is 189 g/mol. The zero-order chi connectivity index (χ0) is 9.35. The normalized spacial score (nSPS) is 11.5. The quantitative estimate of drug-likeness (QED) is 0.534. The molecule has 0 atom stereocenters. The van der Waals surface area contributed by atoms with E-state index in [0.29, 0.717) is 11.3 Å². The molecule has 0 spiro atoms. The summed E-state index contributed by atoms with van der Waals surface area (Å²) in [6.07, 6.45) is 0. The van der Waals surface area contributed by atoms with Gasteiger partial charge in [0, 0.05) is 5.69 Å². The molecule has 0 unspecified atom stereocenters. The van der Waals surface area contributed by atoms with E-state index in [2.05, 4.69) is 0 Å². The minimum absolute atomic E-state index is 0.353. The Morgan fingerprint density at radius 1 is 1.42 bits per heavy atom. The van der Waals surface area contributed by atoms with E-state index in [4.69, 9.17) is 5.73 Å². The van der Waals surface area contributed by atoms with E-state index in [1.165, 1.54) is 12.1 Å². The van der Waals surface area contributed by atoms with Gasteiger partial charge in [-0.05, 0) is 30.7 Å². The minimum atomic E-state index is -4.60. The Hall–Kier alpha value is -1.10. The van der Waals surface area contributed by atoms with E-state index < -0.39 is 10.2 Å². The Balaban J connectivity index is 3.33. The van der Waals surface area contributed by atoms with Crippen molar-refractivity contribution in [2.45, 2.75) is 11.8 Å². The number of nitrogen functional groups attached to an aromatic ring is 1. The molecular weight excluding hydrogens is 181 g/mol. The third kappa shape index (κ3) is 1.73. The Kier molecular flexibility index (Phi) is 2.06. The van der Waals surface area contributed by atoms with Crippen LogP contribution >= 0.6 is 0 Å². The first-order valence-electron chi connectivity index (χ1n) is 3.22. The fourth-order valence-electron chi connectivity index (χ4n) is 0.800. The van der Waals surface area contributed by atoms with Crippen LogP contribution in [0.4, 0.5) is 9.57 Å². The summed E-state index contributed by atoms with van der Waals surface area (Å²) in [5.41, 5.74) is 6.41. The number of halogens is 1. The van der Waals surface area contributed by atoms with Gasteiger partial charge >= 0.3 is 10.2 Å². The van der Waals surface area contributed by atoms with Crippen molar-refractivity contribution < 1.29 is 12.3 Å². The van der Waals surface area contributed by atoms with Gasteiger partial charge in [0.15, 0.2) is 0 Å². The van der Waals surface area contributed by atoms with Gasteiger partial charge < -0.3 is 5.73 Å². The molecule has 12 heavy (non-hydrogen) atoms. The summed E-state index contributed by atoms with van der Waals surface area (Å²) in [6.45, 7) is 1.62. The maximum absolute atomic E-state index is 12.4. The van der Waals surface area contributed by atoms with Crippen LogP contribution in [-0.2, 0) is 10.2 Å². The lowest BCUT2D eigenvalue weighted by Crippen LogP contribution is -1.95. The molecule has 0 aliphatic rings. The van der Waals surface area contributed by atoms with Crippen molar-refractivity contribution in [2.75, 3.05) is 5.73 Å². The van der Waals surface area contributed by atoms with Gasteiger partial charge in [0.2, 0.25) is 0 Å². The van der Waals surface area contributed by atoms with Gasteiger partial charge in [-0.1, -0.05) is 0 Å². The minimum Gasteiger partial charge on any atom is -0.399 e. The molecule has 0 saturated heterocycles. The number of hydrogen-bond donors (Lipinski definition) is 1. The smallest absolute Gasteiger partial charge is 0.332 e. The van der Waals surface area contributed by atoms with E-state index in [1.807, 2.05) is 0 Å². The van der Waals surface area contributed by atoms with E-state index in [-0.39, 0.29) is 4.90 Å². The van der Waals surface area contributed by atoms with E-state index >= 15 is 0 Å². The first-order chi connectivity index (χ1) is 5.41. The predicted molar refractivity (Wildman–Crippen MR) is 43.9 cm³/mol. The van der Waals surface area contributed by atoms with Crippen LogP contribution in [0.2, 0.25) is 0 Å². The van der Waals surface area contributed by atoms with Crippen molar-refractivity contribution in [3.63, 3.8) is 0 Å². The molecule has 3 nitrogen and oxygen atoms in total. The average molecular weight is 189 g/mol. The van der Waals surface area contributed by atoms with Crippen molar-refractivity contribution in [3.05, 3.63) is 23.8 Å². The molecule has 2 N–H and O–H groups in total. The van der Waals surface area contributed by atoms with Crippen LogP contribution in [0.1, 0.15) is 5.56 Å². The van der Waals surface area contributed by atoms with E-state index in [9.17, 15) is 12.3 Å². The van der Waals surface area contributed by atoms with Crippen LogP contribution in [0.15, 0.2) is 23.1 Å². The topological polar surface area (TPSA) is 60.2 Å². The second-order valence-electron chi connectivity index (χ2n) is 2.46. The molecule has 0 heterocycles. The van der Waals surface area contributed by atoms with Crippen LogP contribution in [-0.4, -0.2) is 8.42 Å². The largest absolute Gasteiger partial charge is 0.399 e. The number of hydrogen-bond acceptors (Lipinski definition) is 3. The van der Waals surface area contributed by atoms with Gasteiger partial charge in [-0.3, -0.25) is 0 Å². The van der Waals surface area contributed by atoms with Gasteiger partial charge in [-0.25, -0.2) is 0 Å². The molecule has 1 rings (SSSR count). The van der Waals surface area contributed by atoms with Gasteiger partial charge in [-0.15, -0.1) is 3.89 Å². The summed E-state index contributed by atoms with van der Waals surface area (Å²) in [7, 11) is -4.60. The van der Waals surface area contributed by atoms with Crippen molar-refractivity contribution in [1.29, 1.82) is 0 Å². The Bertz CT molecular complexity index is 400. The summed E-state index contributed by atoms with van der Waals surface area (Å²) in [6, 6.07) is 3.70. The summed E-state index contributed by atoms with van der Waals surface area (Å²) in [4.78, 5) is -0.353. The molecule has 0 bridgehead atoms. The standard InChI is InChI=1S/C7H8FNO2S/c1-5-4-6(12(8,10)11)2-3-7(5)9/h2-4H,9H2,1H3. The molecule has 1 aromatic carbocycles. The number of benzene rings is 1. The molecule has 5 heteroatoms. The van der Waals surface area contributed by atoms with E-state index in [1.54, 1.807) is 6.92 Å². The van der Waals surface area contributed by atoms with Crippen LogP contribution in [0.5, 0.6) is 0 Å². The highest BCUT2D eigenvalue weighted by molar-refractivity contribution is 7.86. The number of nitrogens with two attached hydrogens (primary N) is 1. The van der Waals surface area contributed by atoms with Crippen LogP contribution < -0.4 is 5.73 Å². The lowest BCUT2D eigenvalue weighted by atomic mass is 10.2. The number of anilines is 1. The van der Waals surface area contributed by atoms with Crippen LogP contribution in [0.25, 0.3) is 0 Å². The number of aryl methyl sites for hydroxylation is 1. The molecule has 0 amide bonds. The molecule has 0 aliphatic carbocycles. The third-order valence-corrected chi connectivity index (χ3v) is 2.34. The van der Waals surface area contributed by atoms with Gasteiger partial charge in [0.25, 0.3) is 0 Å². The average Bonchev–Trinajstić information content (AvgIpc) is 1.92. The molecule has 1 aromatic rings. The summed E-state index contributed by atoms with van der Waals surface area (Å²) in [5, 5.41) is 0. The van der Waals surface area contributed by atoms with Crippen LogP contribution in [0.3, 0.4) is 0 Å². The molecular formula is C7H8FNO2S. The molecule has 0 fully saturated rings. The highest BCUT2D eigenvalue weighted by Crippen LogP contribution is 2.18. The van der Waals surface area contributed by atoms with Crippen molar-refractivity contribution in [1.82, 2.24) is 0 Å². The summed E-state index contributed by atoms with van der Waals surface area (Å²) >= 11 is 0. The molecule has 0 aromatic heterocycles.